The smallest absolute Gasteiger partial charge is 0.119 e. The zero-order chi connectivity index (χ0) is 20.4. The lowest BCUT2D eigenvalue weighted by Gasteiger charge is -2.30. The first-order valence-electron chi connectivity index (χ1n) is 9.63. The van der Waals surface area contributed by atoms with Gasteiger partial charge in [0.15, 0.2) is 0 Å². The molecule has 0 amide bonds. The van der Waals surface area contributed by atoms with Crippen molar-refractivity contribution in [2.24, 2.45) is 0 Å². The number of aromatic nitrogens is 2. The standard InChI is InChI=1S/C25H23ClN2O/c1-18-24(19(2)28(27-18)23-15-13-22(26)14-16-23)17-25(29,20-9-5-3-6-10-20)21-11-7-4-8-12-21/h3-16,29H,17H2,1-2H3. The molecule has 0 atom stereocenters. The summed E-state index contributed by atoms with van der Waals surface area (Å²) in [5.74, 6) is 0. The SMILES string of the molecule is Cc1nn(-c2ccc(Cl)cc2)c(C)c1CC(O)(c1ccccc1)c1ccccc1. The molecule has 3 aromatic carbocycles. The highest BCUT2D eigenvalue weighted by Gasteiger charge is 2.34. The van der Waals surface area contributed by atoms with Crippen LogP contribution in [-0.4, -0.2) is 14.9 Å². The Labute approximate surface area is 176 Å². The zero-order valence-electron chi connectivity index (χ0n) is 16.5. The van der Waals surface area contributed by atoms with E-state index in [1.807, 2.05) is 103 Å². The molecule has 0 saturated heterocycles. The second kappa shape index (κ2) is 7.86. The lowest BCUT2D eigenvalue weighted by atomic mass is 9.81. The quantitative estimate of drug-likeness (QED) is 0.470. The molecule has 29 heavy (non-hydrogen) atoms. The molecule has 4 aromatic rings. The van der Waals surface area contributed by atoms with Gasteiger partial charge in [-0.15, -0.1) is 0 Å². The lowest BCUT2D eigenvalue weighted by molar-refractivity contribution is 0.0808. The molecule has 0 saturated carbocycles. The number of hydrogen-bond donors (Lipinski definition) is 1. The van der Waals surface area contributed by atoms with Crippen LogP contribution in [0.1, 0.15) is 28.1 Å². The van der Waals surface area contributed by atoms with Crippen molar-refractivity contribution >= 4 is 11.6 Å². The van der Waals surface area contributed by atoms with E-state index in [-0.39, 0.29) is 0 Å². The second-order valence-electron chi connectivity index (χ2n) is 7.31. The maximum Gasteiger partial charge on any atom is 0.119 e. The average molecular weight is 403 g/mol. The van der Waals surface area contributed by atoms with Crippen LogP contribution in [-0.2, 0) is 12.0 Å². The molecule has 1 N–H and O–H groups in total. The summed E-state index contributed by atoms with van der Waals surface area (Å²) in [6.07, 6.45) is 0.437. The van der Waals surface area contributed by atoms with Crippen LogP contribution in [0.2, 0.25) is 5.02 Å². The topological polar surface area (TPSA) is 38.0 Å². The Bertz CT molecular complexity index is 1060. The molecule has 0 aliphatic carbocycles. The van der Waals surface area contributed by atoms with Crippen LogP contribution in [0.4, 0.5) is 0 Å². The summed E-state index contributed by atoms with van der Waals surface area (Å²) in [7, 11) is 0. The third-order valence-electron chi connectivity index (χ3n) is 5.45. The average Bonchev–Trinajstić information content (AvgIpc) is 3.03. The molecule has 4 rings (SSSR count). The molecule has 0 unspecified atom stereocenters. The minimum Gasteiger partial charge on any atom is -0.380 e. The number of nitrogens with zero attached hydrogens (tertiary/aromatic N) is 2. The molecule has 4 heteroatoms. The fourth-order valence-electron chi connectivity index (χ4n) is 3.82. The van der Waals surface area contributed by atoms with Gasteiger partial charge in [-0.25, -0.2) is 4.68 Å². The van der Waals surface area contributed by atoms with Gasteiger partial charge < -0.3 is 5.11 Å². The van der Waals surface area contributed by atoms with E-state index < -0.39 is 5.60 Å². The Morgan fingerprint density at radius 2 is 1.34 bits per heavy atom. The van der Waals surface area contributed by atoms with Crippen LogP contribution >= 0.6 is 11.6 Å². The van der Waals surface area contributed by atoms with Crippen LogP contribution < -0.4 is 0 Å². The number of aryl methyl sites for hydroxylation is 1. The molecule has 1 heterocycles. The monoisotopic (exact) mass is 402 g/mol. The first-order valence-corrected chi connectivity index (χ1v) is 10.0. The maximum absolute atomic E-state index is 11.9. The minimum absolute atomic E-state index is 0.437. The minimum atomic E-state index is -1.15. The van der Waals surface area contributed by atoms with Crippen molar-refractivity contribution in [1.29, 1.82) is 0 Å². The molecule has 0 bridgehead atoms. The summed E-state index contributed by atoms with van der Waals surface area (Å²) >= 11 is 6.04. The van der Waals surface area contributed by atoms with Crippen LogP contribution in [0.15, 0.2) is 84.9 Å². The number of hydrogen-bond acceptors (Lipinski definition) is 2. The summed E-state index contributed by atoms with van der Waals surface area (Å²) < 4.78 is 1.91. The van der Waals surface area contributed by atoms with Crippen LogP contribution in [0, 0.1) is 13.8 Å². The van der Waals surface area contributed by atoms with Gasteiger partial charge in [-0.1, -0.05) is 72.3 Å². The molecule has 146 valence electrons. The van der Waals surface area contributed by atoms with Gasteiger partial charge in [0.1, 0.15) is 5.60 Å². The largest absolute Gasteiger partial charge is 0.380 e. The van der Waals surface area contributed by atoms with E-state index in [9.17, 15) is 5.11 Å². The Morgan fingerprint density at radius 1 is 0.828 bits per heavy atom. The van der Waals surface area contributed by atoms with E-state index in [2.05, 4.69) is 0 Å². The van der Waals surface area contributed by atoms with Crippen LogP contribution in [0.25, 0.3) is 5.69 Å². The summed E-state index contributed by atoms with van der Waals surface area (Å²) in [5, 5.41) is 17.4. The Kier molecular flexibility index (Phi) is 5.27. The summed E-state index contributed by atoms with van der Waals surface area (Å²) in [6.45, 7) is 4.03. The third-order valence-corrected chi connectivity index (χ3v) is 5.70. The Balaban J connectivity index is 1.81. The van der Waals surface area contributed by atoms with Crippen molar-refractivity contribution < 1.29 is 5.11 Å². The highest BCUT2D eigenvalue weighted by atomic mass is 35.5. The third kappa shape index (κ3) is 3.71. The molecular weight excluding hydrogens is 380 g/mol. The van der Waals surface area contributed by atoms with E-state index >= 15 is 0 Å². The van der Waals surface area contributed by atoms with Crippen molar-refractivity contribution in [1.82, 2.24) is 9.78 Å². The molecule has 0 radical (unpaired) electrons. The fourth-order valence-corrected chi connectivity index (χ4v) is 3.94. The van der Waals surface area contributed by atoms with Gasteiger partial charge >= 0.3 is 0 Å². The predicted octanol–water partition coefficient (Wildman–Crippen LogP) is 5.62. The molecular formula is C25H23ClN2O. The number of benzene rings is 3. The molecule has 1 aromatic heterocycles. The van der Waals surface area contributed by atoms with Gasteiger partial charge in [0.05, 0.1) is 11.4 Å². The number of rotatable bonds is 5. The zero-order valence-corrected chi connectivity index (χ0v) is 17.3. The van der Waals surface area contributed by atoms with Gasteiger partial charge in [-0.3, -0.25) is 0 Å². The van der Waals surface area contributed by atoms with Gasteiger partial charge in [-0.2, -0.15) is 5.10 Å². The number of halogens is 1. The van der Waals surface area contributed by atoms with Crippen molar-refractivity contribution in [3.8, 4) is 5.69 Å². The highest BCUT2D eigenvalue weighted by molar-refractivity contribution is 6.30. The first-order chi connectivity index (χ1) is 14.0. The van der Waals surface area contributed by atoms with Gasteiger partial charge in [0, 0.05) is 17.1 Å². The fraction of sp³-hybridized carbons (Fsp3) is 0.160. The normalized spacial score (nSPS) is 11.6. The van der Waals surface area contributed by atoms with Crippen molar-refractivity contribution in [3.05, 3.63) is 118 Å². The van der Waals surface area contributed by atoms with Crippen LogP contribution in [0.5, 0.6) is 0 Å². The van der Waals surface area contributed by atoms with E-state index in [4.69, 9.17) is 16.7 Å². The molecule has 0 fully saturated rings. The van der Waals surface area contributed by atoms with Crippen molar-refractivity contribution in [2.75, 3.05) is 0 Å². The maximum atomic E-state index is 11.9. The van der Waals surface area contributed by atoms with Gasteiger partial charge in [-0.05, 0) is 54.8 Å². The Hall–Kier alpha value is -2.88. The van der Waals surface area contributed by atoms with Gasteiger partial charge in [0.25, 0.3) is 0 Å². The summed E-state index contributed by atoms with van der Waals surface area (Å²) in [6, 6.07) is 27.3. The molecule has 0 aliphatic heterocycles. The molecule has 3 nitrogen and oxygen atoms in total. The molecule has 0 spiro atoms. The van der Waals surface area contributed by atoms with E-state index in [0.29, 0.717) is 11.4 Å². The first kappa shape index (κ1) is 19.4. The summed E-state index contributed by atoms with van der Waals surface area (Å²) in [5.41, 5.74) is 4.48. The second-order valence-corrected chi connectivity index (χ2v) is 7.74. The summed E-state index contributed by atoms with van der Waals surface area (Å²) in [4.78, 5) is 0. The van der Waals surface area contributed by atoms with E-state index in [1.54, 1.807) is 0 Å². The van der Waals surface area contributed by atoms with Crippen molar-refractivity contribution in [3.63, 3.8) is 0 Å². The van der Waals surface area contributed by atoms with Gasteiger partial charge in [0.2, 0.25) is 0 Å². The van der Waals surface area contributed by atoms with E-state index in [1.165, 1.54) is 0 Å². The van der Waals surface area contributed by atoms with Crippen LogP contribution in [0.3, 0.4) is 0 Å². The Morgan fingerprint density at radius 3 is 1.86 bits per heavy atom. The molecule has 0 aliphatic rings. The highest BCUT2D eigenvalue weighted by Crippen LogP contribution is 2.35. The lowest BCUT2D eigenvalue weighted by Crippen LogP contribution is -2.30. The van der Waals surface area contributed by atoms with Crippen molar-refractivity contribution in [2.45, 2.75) is 25.9 Å². The van der Waals surface area contributed by atoms with E-state index in [0.717, 1.165) is 33.8 Å². The number of aliphatic hydroxyl groups is 1. The predicted molar refractivity (Wildman–Crippen MR) is 118 cm³/mol.